The SMILES string of the molecule is CC(=O)Oc1cccnc1C(=O)NC1COC(=O)C(Cc2ccccc2)C(OC(=O)C(C)C)C(C)OC1=O. The Hall–Kier alpha value is -4.28. The zero-order valence-corrected chi connectivity index (χ0v) is 21.5. The molecular formula is C27H30N2O9. The molecule has 0 radical (unpaired) electrons. The molecule has 1 fully saturated rings. The van der Waals surface area contributed by atoms with Gasteiger partial charge in [0.2, 0.25) is 0 Å². The third-order valence-electron chi connectivity index (χ3n) is 5.71. The summed E-state index contributed by atoms with van der Waals surface area (Å²) >= 11 is 0. The van der Waals surface area contributed by atoms with Gasteiger partial charge in [0.25, 0.3) is 5.91 Å². The first-order chi connectivity index (χ1) is 18.1. The lowest BCUT2D eigenvalue weighted by Gasteiger charge is -2.29. The van der Waals surface area contributed by atoms with E-state index in [1.807, 2.05) is 30.3 Å². The average molecular weight is 527 g/mol. The number of carbonyl (C=O) groups excluding carboxylic acids is 5. The lowest BCUT2D eigenvalue weighted by Crippen LogP contribution is -2.47. The topological polar surface area (TPSA) is 147 Å². The molecule has 0 saturated carbocycles. The van der Waals surface area contributed by atoms with Crippen molar-refractivity contribution in [3.8, 4) is 5.75 Å². The number of carbonyl (C=O) groups is 5. The first-order valence-electron chi connectivity index (χ1n) is 12.1. The van der Waals surface area contributed by atoms with Gasteiger partial charge < -0.3 is 24.3 Å². The second-order valence-electron chi connectivity index (χ2n) is 9.09. The summed E-state index contributed by atoms with van der Waals surface area (Å²) in [6.45, 7) is 5.42. The van der Waals surface area contributed by atoms with E-state index in [0.29, 0.717) is 0 Å². The molecule has 4 unspecified atom stereocenters. The third-order valence-corrected chi connectivity index (χ3v) is 5.71. The third kappa shape index (κ3) is 7.37. The lowest BCUT2D eigenvalue weighted by molar-refractivity contribution is -0.176. The Labute approximate surface area is 219 Å². The van der Waals surface area contributed by atoms with Gasteiger partial charge in [0, 0.05) is 13.1 Å². The number of amides is 1. The van der Waals surface area contributed by atoms with Crippen LogP contribution in [-0.2, 0) is 39.8 Å². The molecule has 1 saturated heterocycles. The molecule has 1 N–H and O–H groups in total. The van der Waals surface area contributed by atoms with Gasteiger partial charge in [-0.25, -0.2) is 9.78 Å². The van der Waals surface area contributed by atoms with E-state index in [9.17, 15) is 24.0 Å². The van der Waals surface area contributed by atoms with Gasteiger partial charge >= 0.3 is 23.9 Å². The van der Waals surface area contributed by atoms with Gasteiger partial charge in [0.15, 0.2) is 23.6 Å². The highest BCUT2D eigenvalue weighted by Gasteiger charge is 2.42. The number of hydrogen-bond donors (Lipinski definition) is 1. The highest BCUT2D eigenvalue weighted by Crippen LogP contribution is 2.25. The van der Waals surface area contributed by atoms with E-state index >= 15 is 0 Å². The molecule has 2 heterocycles. The van der Waals surface area contributed by atoms with E-state index in [1.165, 1.54) is 32.2 Å². The van der Waals surface area contributed by atoms with Crippen LogP contribution in [0.2, 0.25) is 0 Å². The molecule has 1 aliphatic heterocycles. The summed E-state index contributed by atoms with van der Waals surface area (Å²) in [5.74, 6) is -5.30. The molecule has 11 nitrogen and oxygen atoms in total. The van der Waals surface area contributed by atoms with Crippen LogP contribution in [0.4, 0.5) is 0 Å². The predicted octanol–water partition coefficient (Wildman–Crippen LogP) is 2.02. The minimum Gasteiger partial charge on any atom is -0.463 e. The second-order valence-corrected chi connectivity index (χ2v) is 9.09. The Bertz CT molecular complexity index is 1180. The number of hydrogen-bond acceptors (Lipinski definition) is 10. The normalized spacial score (nSPS) is 21.7. The van der Waals surface area contributed by atoms with Crippen LogP contribution in [0.3, 0.4) is 0 Å². The van der Waals surface area contributed by atoms with Gasteiger partial charge in [-0.2, -0.15) is 0 Å². The van der Waals surface area contributed by atoms with Crippen molar-refractivity contribution in [2.75, 3.05) is 6.61 Å². The minimum atomic E-state index is -1.40. The fourth-order valence-corrected chi connectivity index (χ4v) is 3.78. The summed E-state index contributed by atoms with van der Waals surface area (Å²) in [5.41, 5.74) is 0.538. The van der Waals surface area contributed by atoms with Crippen LogP contribution < -0.4 is 10.1 Å². The van der Waals surface area contributed by atoms with Crippen molar-refractivity contribution in [2.24, 2.45) is 11.8 Å². The molecule has 1 amide bonds. The van der Waals surface area contributed by atoms with Gasteiger partial charge in [-0.1, -0.05) is 44.2 Å². The summed E-state index contributed by atoms with van der Waals surface area (Å²) < 4.78 is 21.6. The quantitative estimate of drug-likeness (QED) is 0.420. The van der Waals surface area contributed by atoms with Crippen molar-refractivity contribution >= 4 is 29.8 Å². The fourth-order valence-electron chi connectivity index (χ4n) is 3.78. The predicted molar refractivity (Wildman–Crippen MR) is 132 cm³/mol. The van der Waals surface area contributed by atoms with E-state index in [0.717, 1.165) is 5.56 Å². The number of cyclic esters (lactones) is 2. The Morgan fingerprint density at radius 2 is 1.79 bits per heavy atom. The van der Waals surface area contributed by atoms with Gasteiger partial charge in [0.05, 0.1) is 5.92 Å². The molecule has 38 heavy (non-hydrogen) atoms. The Morgan fingerprint density at radius 1 is 1.08 bits per heavy atom. The van der Waals surface area contributed by atoms with E-state index in [-0.39, 0.29) is 17.9 Å². The lowest BCUT2D eigenvalue weighted by atomic mass is 9.91. The van der Waals surface area contributed by atoms with Crippen LogP contribution in [0, 0.1) is 11.8 Å². The Balaban J connectivity index is 1.87. The molecule has 202 valence electrons. The summed E-state index contributed by atoms with van der Waals surface area (Å²) in [6.07, 6.45) is -0.709. The maximum atomic E-state index is 13.3. The van der Waals surface area contributed by atoms with E-state index < -0.39 is 66.5 Å². The number of nitrogens with one attached hydrogen (secondary N) is 1. The maximum absolute atomic E-state index is 13.3. The molecule has 0 spiro atoms. The van der Waals surface area contributed by atoms with Gasteiger partial charge in [-0.15, -0.1) is 0 Å². The van der Waals surface area contributed by atoms with E-state index in [4.69, 9.17) is 18.9 Å². The molecule has 0 aliphatic carbocycles. The molecule has 1 aromatic heterocycles. The fraction of sp³-hybridized carbons (Fsp3) is 0.407. The molecular weight excluding hydrogens is 496 g/mol. The van der Waals surface area contributed by atoms with Crippen LogP contribution in [0.15, 0.2) is 48.7 Å². The van der Waals surface area contributed by atoms with E-state index in [1.54, 1.807) is 13.8 Å². The Kier molecular flexibility index (Phi) is 9.53. The summed E-state index contributed by atoms with van der Waals surface area (Å²) in [5, 5.41) is 2.42. The van der Waals surface area contributed by atoms with E-state index in [2.05, 4.69) is 10.3 Å². The monoisotopic (exact) mass is 526 g/mol. The van der Waals surface area contributed by atoms with Crippen LogP contribution in [0.5, 0.6) is 5.75 Å². The van der Waals surface area contributed by atoms with Gasteiger partial charge in [0.1, 0.15) is 18.6 Å². The van der Waals surface area contributed by atoms with Crippen molar-refractivity contribution in [3.63, 3.8) is 0 Å². The summed E-state index contributed by atoms with van der Waals surface area (Å²) in [7, 11) is 0. The number of ether oxygens (including phenoxy) is 4. The average Bonchev–Trinajstić information content (AvgIpc) is 2.91. The standard InChI is InChI=1S/C27H30N2O9/c1-15(2)25(32)38-23-16(3)36-27(34)20(14-35-26(33)19(23)13-18-9-6-5-7-10-18)29-24(31)22-21(37-17(4)30)11-8-12-28-22/h5-12,15-16,19-20,23H,13-14H2,1-4H3,(H,29,31). The zero-order chi connectivity index (χ0) is 27.8. The van der Waals surface area contributed by atoms with Crippen molar-refractivity contribution < 1.29 is 42.9 Å². The maximum Gasteiger partial charge on any atom is 0.332 e. The summed E-state index contributed by atoms with van der Waals surface area (Å²) in [6, 6.07) is 10.5. The molecule has 1 aromatic carbocycles. The number of rotatable bonds is 7. The first kappa shape index (κ1) is 28.3. The second kappa shape index (κ2) is 12.8. The van der Waals surface area contributed by atoms with Crippen LogP contribution in [-0.4, -0.2) is 59.6 Å². The summed E-state index contributed by atoms with van der Waals surface area (Å²) in [4.78, 5) is 67.0. The van der Waals surface area contributed by atoms with Crippen molar-refractivity contribution in [1.82, 2.24) is 10.3 Å². The molecule has 3 rings (SSSR count). The van der Waals surface area contributed by atoms with Crippen LogP contribution in [0.1, 0.15) is 43.7 Å². The molecule has 2 aromatic rings. The van der Waals surface area contributed by atoms with Crippen molar-refractivity contribution in [2.45, 2.75) is 52.4 Å². The largest absolute Gasteiger partial charge is 0.463 e. The molecule has 4 atom stereocenters. The first-order valence-corrected chi connectivity index (χ1v) is 12.1. The number of nitrogens with zero attached hydrogens (tertiary/aromatic N) is 1. The smallest absolute Gasteiger partial charge is 0.332 e. The minimum absolute atomic E-state index is 0.108. The number of benzene rings is 1. The van der Waals surface area contributed by atoms with Crippen LogP contribution >= 0.6 is 0 Å². The molecule has 11 heteroatoms. The zero-order valence-electron chi connectivity index (χ0n) is 21.5. The number of aromatic nitrogens is 1. The number of pyridine rings is 1. The van der Waals surface area contributed by atoms with Gasteiger partial charge in [-0.3, -0.25) is 19.2 Å². The van der Waals surface area contributed by atoms with Crippen molar-refractivity contribution in [3.05, 3.63) is 59.9 Å². The van der Waals surface area contributed by atoms with Gasteiger partial charge in [-0.05, 0) is 31.0 Å². The number of esters is 4. The van der Waals surface area contributed by atoms with Crippen molar-refractivity contribution in [1.29, 1.82) is 0 Å². The highest BCUT2D eigenvalue weighted by molar-refractivity contribution is 5.98. The van der Waals surface area contributed by atoms with Crippen LogP contribution in [0.25, 0.3) is 0 Å². The Morgan fingerprint density at radius 3 is 2.45 bits per heavy atom. The molecule has 1 aliphatic rings. The molecule has 0 bridgehead atoms. The highest BCUT2D eigenvalue weighted by atomic mass is 16.6.